The van der Waals surface area contributed by atoms with Crippen molar-refractivity contribution in [3.05, 3.63) is 64.9 Å². The predicted octanol–water partition coefficient (Wildman–Crippen LogP) is 4.00. The van der Waals surface area contributed by atoms with E-state index in [2.05, 4.69) is 41.5 Å². The molecule has 4 heteroatoms. The molecule has 0 saturated heterocycles. The second-order valence-electron chi connectivity index (χ2n) is 4.65. The van der Waals surface area contributed by atoms with Crippen LogP contribution in [0.4, 0.5) is 0 Å². The normalized spacial score (nSPS) is 10.8. The minimum atomic E-state index is 0.702. The molecule has 0 bridgehead atoms. The van der Waals surface area contributed by atoms with Crippen LogP contribution in [-0.4, -0.2) is 4.98 Å². The first-order valence-corrected chi connectivity index (χ1v) is 7.44. The van der Waals surface area contributed by atoms with E-state index in [-0.39, 0.29) is 0 Å². The number of thiophene rings is 1. The van der Waals surface area contributed by atoms with Crippen LogP contribution in [0, 0.1) is 6.92 Å². The fourth-order valence-electron chi connectivity index (χ4n) is 2.04. The summed E-state index contributed by atoms with van der Waals surface area (Å²) in [6.45, 7) is 3.68. The molecule has 2 heterocycles. The first-order chi connectivity index (χ1) is 9.83. The topological polar surface area (TPSA) is 38.1 Å². The van der Waals surface area contributed by atoms with Crippen LogP contribution in [0.25, 0.3) is 10.8 Å². The first kappa shape index (κ1) is 13.1. The van der Waals surface area contributed by atoms with E-state index in [1.165, 1.54) is 11.1 Å². The van der Waals surface area contributed by atoms with Crippen molar-refractivity contribution in [2.75, 3.05) is 0 Å². The molecule has 0 aliphatic carbocycles. The minimum absolute atomic E-state index is 0.702. The molecular formula is C16H16N2OS. The van der Waals surface area contributed by atoms with Crippen LogP contribution in [0.15, 0.2) is 52.5 Å². The van der Waals surface area contributed by atoms with Crippen molar-refractivity contribution in [3.8, 4) is 10.8 Å². The number of aryl methyl sites for hydroxylation is 1. The smallest absolute Gasteiger partial charge is 0.236 e. The molecule has 0 aliphatic rings. The van der Waals surface area contributed by atoms with Crippen molar-refractivity contribution < 1.29 is 4.42 Å². The fourth-order valence-corrected chi connectivity index (χ4v) is 2.69. The molecule has 0 fully saturated rings. The van der Waals surface area contributed by atoms with E-state index in [0.29, 0.717) is 12.4 Å². The molecule has 1 aromatic carbocycles. The lowest BCUT2D eigenvalue weighted by Crippen LogP contribution is -2.13. The number of benzene rings is 1. The van der Waals surface area contributed by atoms with Gasteiger partial charge in [-0.1, -0.05) is 30.3 Å². The number of oxazole rings is 1. The number of hydrogen-bond acceptors (Lipinski definition) is 4. The number of hydrogen-bond donors (Lipinski definition) is 1. The Morgan fingerprint density at radius 3 is 2.85 bits per heavy atom. The van der Waals surface area contributed by atoms with E-state index < -0.39 is 0 Å². The van der Waals surface area contributed by atoms with E-state index >= 15 is 0 Å². The van der Waals surface area contributed by atoms with Crippen molar-refractivity contribution in [3.63, 3.8) is 0 Å². The average Bonchev–Trinajstić information content (AvgIpc) is 3.11. The Morgan fingerprint density at radius 2 is 2.05 bits per heavy atom. The van der Waals surface area contributed by atoms with Gasteiger partial charge in [0.1, 0.15) is 6.26 Å². The molecule has 1 N–H and O–H groups in total. The standard InChI is InChI=1S/C16H16N2OS/c1-12-5-2-3-6-13(12)9-17-10-14-11-19-16(18-14)15-7-4-8-20-15/h2-8,11,17H,9-10H2,1H3. The highest BCUT2D eigenvalue weighted by molar-refractivity contribution is 7.13. The van der Waals surface area contributed by atoms with Crippen molar-refractivity contribution in [2.24, 2.45) is 0 Å². The number of nitrogens with one attached hydrogen (secondary N) is 1. The summed E-state index contributed by atoms with van der Waals surface area (Å²) >= 11 is 1.64. The van der Waals surface area contributed by atoms with Crippen LogP contribution in [-0.2, 0) is 13.1 Å². The molecule has 0 spiro atoms. The third-order valence-electron chi connectivity index (χ3n) is 3.17. The zero-order valence-corrected chi connectivity index (χ0v) is 12.1. The molecule has 3 nitrogen and oxygen atoms in total. The Labute approximate surface area is 122 Å². The van der Waals surface area contributed by atoms with E-state index in [1.54, 1.807) is 17.6 Å². The van der Waals surface area contributed by atoms with Crippen LogP contribution in [0.1, 0.15) is 16.8 Å². The number of rotatable bonds is 5. The van der Waals surface area contributed by atoms with Gasteiger partial charge in [-0.3, -0.25) is 0 Å². The van der Waals surface area contributed by atoms with Gasteiger partial charge in [-0.25, -0.2) is 4.98 Å². The number of aromatic nitrogens is 1. The summed E-state index contributed by atoms with van der Waals surface area (Å²) in [4.78, 5) is 5.55. The van der Waals surface area contributed by atoms with E-state index in [0.717, 1.165) is 17.1 Å². The summed E-state index contributed by atoms with van der Waals surface area (Å²) in [5.41, 5.74) is 3.55. The summed E-state index contributed by atoms with van der Waals surface area (Å²) < 4.78 is 5.49. The molecular weight excluding hydrogens is 268 g/mol. The summed E-state index contributed by atoms with van der Waals surface area (Å²) in [7, 11) is 0. The highest BCUT2D eigenvalue weighted by Gasteiger charge is 2.07. The van der Waals surface area contributed by atoms with Gasteiger partial charge in [-0.05, 0) is 29.5 Å². The van der Waals surface area contributed by atoms with Gasteiger partial charge in [0, 0.05) is 13.1 Å². The monoisotopic (exact) mass is 284 g/mol. The van der Waals surface area contributed by atoms with Crippen molar-refractivity contribution >= 4 is 11.3 Å². The van der Waals surface area contributed by atoms with Crippen LogP contribution in [0.5, 0.6) is 0 Å². The Morgan fingerprint density at radius 1 is 1.15 bits per heavy atom. The molecule has 0 atom stereocenters. The largest absolute Gasteiger partial charge is 0.444 e. The van der Waals surface area contributed by atoms with Crippen LogP contribution >= 0.6 is 11.3 Å². The lowest BCUT2D eigenvalue weighted by Gasteiger charge is -2.05. The van der Waals surface area contributed by atoms with Gasteiger partial charge in [-0.2, -0.15) is 0 Å². The molecule has 0 unspecified atom stereocenters. The van der Waals surface area contributed by atoms with Gasteiger partial charge in [-0.15, -0.1) is 11.3 Å². The van der Waals surface area contributed by atoms with Gasteiger partial charge in [0.25, 0.3) is 0 Å². The Balaban J connectivity index is 1.58. The molecule has 0 radical (unpaired) electrons. The molecule has 3 aromatic rings. The molecule has 102 valence electrons. The second-order valence-corrected chi connectivity index (χ2v) is 5.60. The lowest BCUT2D eigenvalue weighted by atomic mass is 10.1. The molecule has 2 aromatic heterocycles. The minimum Gasteiger partial charge on any atom is -0.444 e. The Hall–Kier alpha value is -1.91. The summed E-state index contributed by atoms with van der Waals surface area (Å²) in [6, 6.07) is 12.4. The van der Waals surface area contributed by atoms with Gasteiger partial charge in [0.15, 0.2) is 0 Å². The van der Waals surface area contributed by atoms with Crippen LogP contribution in [0.3, 0.4) is 0 Å². The maximum atomic E-state index is 5.49. The third kappa shape index (κ3) is 2.98. The molecule has 20 heavy (non-hydrogen) atoms. The van der Waals surface area contributed by atoms with Crippen LogP contribution < -0.4 is 5.32 Å². The predicted molar refractivity (Wildman–Crippen MR) is 81.5 cm³/mol. The quantitative estimate of drug-likeness (QED) is 0.769. The van der Waals surface area contributed by atoms with E-state index in [1.807, 2.05) is 17.5 Å². The van der Waals surface area contributed by atoms with Gasteiger partial charge in [0.05, 0.1) is 10.6 Å². The zero-order valence-electron chi connectivity index (χ0n) is 11.3. The van der Waals surface area contributed by atoms with Crippen molar-refractivity contribution in [2.45, 2.75) is 20.0 Å². The molecule has 3 rings (SSSR count). The van der Waals surface area contributed by atoms with E-state index in [4.69, 9.17) is 4.42 Å². The van der Waals surface area contributed by atoms with Crippen LogP contribution in [0.2, 0.25) is 0 Å². The molecule has 0 amide bonds. The molecule has 0 saturated carbocycles. The number of nitrogens with zero attached hydrogens (tertiary/aromatic N) is 1. The van der Waals surface area contributed by atoms with Crippen molar-refractivity contribution in [1.82, 2.24) is 10.3 Å². The van der Waals surface area contributed by atoms with Gasteiger partial charge in [0.2, 0.25) is 5.89 Å². The highest BCUT2D eigenvalue weighted by atomic mass is 32.1. The maximum Gasteiger partial charge on any atom is 0.236 e. The summed E-state index contributed by atoms with van der Waals surface area (Å²) in [6.07, 6.45) is 1.72. The Bertz CT molecular complexity index is 673. The Kier molecular flexibility index (Phi) is 3.95. The molecule has 0 aliphatic heterocycles. The maximum absolute atomic E-state index is 5.49. The summed E-state index contributed by atoms with van der Waals surface area (Å²) in [5, 5.41) is 5.42. The van der Waals surface area contributed by atoms with Crippen molar-refractivity contribution in [1.29, 1.82) is 0 Å². The highest BCUT2D eigenvalue weighted by Crippen LogP contribution is 2.23. The first-order valence-electron chi connectivity index (χ1n) is 6.56. The van der Waals surface area contributed by atoms with E-state index in [9.17, 15) is 0 Å². The lowest BCUT2D eigenvalue weighted by molar-refractivity contribution is 0.571. The zero-order chi connectivity index (χ0) is 13.8. The SMILES string of the molecule is Cc1ccccc1CNCc1coc(-c2cccs2)n1. The fraction of sp³-hybridized carbons (Fsp3) is 0.188. The third-order valence-corrected chi connectivity index (χ3v) is 4.02. The average molecular weight is 284 g/mol. The second kappa shape index (κ2) is 6.03. The van der Waals surface area contributed by atoms with Gasteiger partial charge >= 0.3 is 0 Å². The van der Waals surface area contributed by atoms with Gasteiger partial charge < -0.3 is 9.73 Å². The summed E-state index contributed by atoms with van der Waals surface area (Å²) in [5.74, 6) is 0.702.